The maximum atomic E-state index is 13.3. The number of hydrogen-bond acceptors (Lipinski definition) is 3. The molecule has 0 aliphatic carbocycles. The number of ether oxygens (including phenoxy) is 1. The molecule has 4 nitrogen and oxygen atoms in total. The number of hydrogen-bond donors (Lipinski definition) is 0. The molecule has 2 heterocycles. The summed E-state index contributed by atoms with van der Waals surface area (Å²) in [6, 6.07) is 11.8. The summed E-state index contributed by atoms with van der Waals surface area (Å²) in [7, 11) is 0. The number of nitrogens with zero attached hydrogens (tertiary/aromatic N) is 2. The largest absolute Gasteiger partial charge is 0.469 e. The van der Waals surface area contributed by atoms with Crippen molar-refractivity contribution in [3.8, 4) is 5.88 Å². The highest BCUT2D eigenvalue weighted by molar-refractivity contribution is 5.96. The number of carbonyl (C=O) groups is 1. The van der Waals surface area contributed by atoms with Crippen LogP contribution in [0.5, 0.6) is 5.88 Å². The van der Waals surface area contributed by atoms with E-state index in [4.69, 9.17) is 4.74 Å². The van der Waals surface area contributed by atoms with E-state index in [1.54, 1.807) is 0 Å². The van der Waals surface area contributed by atoms with Crippen LogP contribution in [0, 0.1) is 6.92 Å². The van der Waals surface area contributed by atoms with Crippen molar-refractivity contribution in [2.24, 2.45) is 0 Å². The van der Waals surface area contributed by atoms with Gasteiger partial charge in [-0.1, -0.05) is 24.3 Å². The average molecular weight is 494 g/mol. The van der Waals surface area contributed by atoms with E-state index in [-0.39, 0.29) is 36.0 Å². The minimum absolute atomic E-state index is 0.0454. The third-order valence-corrected chi connectivity index (χ3v) is 5.76. The van der Waals surface area contributed by atoms with Gasteiger partial charge in [0.1, 0.15) is 11.7 Å². The zero-order chi connectivity index (χ0) is 25.4. The normalized spacial score (nSPS) is 16.8. The third-order valence-electron chi connectivity index (χ3n) is 5.76. The molecule has 0 fully saturated rings. The van der Waals surface area contributed by atoms with E-state index in [2.05, 4.69) is 4.98 Å². The van der Waals surface area contributed by atoms with Gasteiger partial charge in [0.25, 0.3) is 5.91 Å². The van der Waals surface area contributed by atoms with Gasteiger partial charge in [0.15, 0.2) is 0 Å². The molecule has 184 valence electrons. The second-order valence-corrected chi connectivity index (χ2v) is 8.25. The number of rotatable bonds is 3. The molecule has 0 N–H and O–H groups in total. The molecule has 1 aliphatic heterocycles. The Kier molecular flexibility index (Phi) is 6.48. The molecule has 1 amide bonds. The summed E-state index contributed by atoms with van der Waals surface area (Å²) < 4.78 is 85.9. The smallest absolute Gasteiger partial charge is 0.416 e. The number of amides is 1. The van der Waals surface area contributed by atoms with Crippen molar-refractivity contribution in [2.45, 2.75) is 38.3 Å². The summed E-state index contributed by atoms with van der Waals surface area (Å²) in [4.78, 5) is 18.6. The Bertz CT molecular complexity index is 1210. The maximum Gasteiger partial charge on any atom is 0.416 e. The van der Waals surface area contributed by atoms with Gasteiger partial charge >= 0.3 is 12.4 Å². The third kappa shape index (κ3) is 5.41. The van der Waals surface area contributed by atoms with Crippen LogP contribution in [0.4, 0.5) is 26.3 Å². The lowest BCUT2D eigenvalue weighted by atomic mass is 9.99. The highest BCUT2D eigenvalue weighted by Gasteiger charge is 2.37. The highest BCUT2D eigenvalue weighted by atomic mass is 19.4. The molecule has 0 saturated heterocycles. The molecule has 10 heteroatoms. The quantitative estimate of drug-likeness (QED) is 0.386. The summed E-state index contributed by atoms with van der Waals surface area (Å²) in [5.41, 5.74) is -1.28. The summed E-state index contributed by atoms with van der Waals surface area (Å²) >= 11 is 0. The lowest BCUT2D eigenvalue weighted by molar-refractivity contribution is -0.143. The standard InChI is InChI=1S/C25H20F6N2O2/c1-15-5-2-3-6-19(15)21-8-10-33(23(34)20-7-4-9-32-22(20)35-21)14-16-11-17(24(26,27)28)13-18(12-16)25(29,30)31/h2-7,9,11-13,21H,8,10,14H2,1H3. The molecule has 4 rings (SSSR count). The number of fused-ring (bicyclic) bond motifs is 1. The van der Waals surface area contributed by atoms with Gasteiger partial charge in [-0.3, -0.25) is 4.79 Å². The molecule has 2 aromatic carbocycles. The number of alkyl halides is 6. The van der Waals surface area contributed by atoms with Crippen LogP contribution in [0.3, 0.4) is 0 Å². The fourth-order valence-corrected chi connectivity index (χ4v) is 4.04. The van der Waals surface area contributed by atoms with E-state index in [0.717, 1.165) is 11.1 Å². The number of aryl methyl sites for hydroxylation is 1. The van der Waals surface area contributed by atoms with Crippen molar-refractivity contribution in [3.63, 3.8) is 0 Å². The summed E-state index contributed by atoms with van der Waals surface area (Å²) in [6.45, 7) is 1.49. The first-order valence-electron chi connectivity index (χ1n) is 10.7. The van der Waals surface area contributed by atoms with Crippen LogP contribution in [0.2, 0.25) is 0 Å². The van der Waals surface area contributed by atoms with Crippen molar-refractivity contribution < 1.29 is 35.9 Å². The zero-order valence-corrected chi connectivity index (χ0v) is 18.5. The topological polar surface area (TPSA) is 42.4 Å². The van der Waals surface area contributed by atoms with Crippen LogP contribution < -0.4 is 4.74 Å². The predicted molar refractivity (Wildman–Crippen MR) is 115 cm³/mol. The SMILES string of the molecule is Cc1ccccc1C1CCN(Cc2cc(C(F)(F)F)cc(C(F)(F)F)c2)C(=O)c2cccnc2O1. The second-order valence-electron chi connectivity index (χ2n) is 8.25. The van der Waals surface area contributed by atoms with Gasteiger partial charge in [-0.05, 0) is 53.9 Å². The summed E-state index contributed by atoms with van der Waals surface area (Å²) in [5.74, 6) is -0.544. The summed E-state index contributed by atoms with van der Waals surface area (Å²) in [6.07, 6.45) is -8.77. The zero-order valence-electron chi connectivity index (χ0n) is 18.5. The molecule has 1 unspecified atom stereocenters. The van der Waals surface area contributed by atoms with Crippen LogP contribution in [0.25, 0.3) is 0 Å². The molecule has 0 bridgehead atoms. The first-order chi connectivity index (χ1) is 16.4. The van der Waals surface area contributed by atoms with Gasteiger partial charge in [0.05, 0.1) is 11.1 Å². The predicted octanol–water partition coefficient (Wildman–Crippen LogP) is 6.59. The molecule has 0 radical (unpaired) electrons. The fourth-order valence-electron chi connectivity index (χ4n) is 4.04. The van der Waals surface area contributed by atoms with E-state index in [1.165, 1.54) is 23.2 Å². The Labute approximate surface area is 197 Å². The number of carbonyl (C=O) groups excluding carboxylic acids is 1. The molecule has 1 aliphatic rings. The van der Waals surface area contributed by atoms with Gasteiger partial charge in [0.2, 0.25) is 5.88 Å². The van der Waals surface area contributed by atoms with E-state index < -0.39 is 42.0 Å². The minimum Gasteiger partial charge on any atom is -0.469 e. The Morgan fingerprint density at radius 1 is 0.971 bits per heavy atom. The highest BCUT2D eigenvalue weighted by Crippen LogP contribution is 2.37. The van der Waals surface area contributed by atoms with E-state index >= 15 is 0 Å². The molecule has 0 spiro atoms. The Morgan fingerprint density at radius 3 is 2.26 bits per heavy atom. The molecule has 1 atom stereocenters. The maximum absolute atomic E-state index is 13.3. The Balaban J connectivity index is 1.73. The number of halogens is 6. The monoisotopic (exact) mass is 494 g/mol. The van der Waals surface area contributed by atoms with Gasteiger partial charge in [0, 0.05) is 25.7 Å². The summed E-state index contributed by atoms with van der Waals surface area (Å²) in [5, 5.41) is 0. The average Bonchev–Trinajstić information content (AvgIpc) is 2.79. The van der Waals surface area contributed by atoms with Crippen molar-refractivity contribution >= 4 is 5.91 Å². The second kappa shape index (κ2) is 9.24. The molecule has 35 heavy (non-hydrogen) atoms. The molecular weight excluding hydrogens is 474 g/mol. The van der Waals surface area contributed by atoms with E-state index in [9.17, 15) is 31.1 Å². The molecule has 3 aromatic rings. The Hall–Kier alpha value is -3.56. The first kappa shape index (κ1) is 24.6. The minimum atomic E-state index is -4.98. The van der Waals surface area contributed by atoms with Gasteiger partial charge in [-0.2, -0.15) is 26.3 Å². The van der Waals surface area contributed by atoms with Crippen LogP contribution in [0.15, 0.2) is 60.8 Å². The van der Waals surface area contributed by atoms with E-state index in [1.807, 2.05) is 31.2 Å². The fraction of sp³-hybridized carbons (Fsp3) is 0.280. The van der Waals surface area contributed by atoms with E-state index in [0.29, 0.717) is 12.1 Å². The van der Waals surface area contributed by atoms with Crippen LogP contribution >= 0.6 is 0 Å². The van der Waals surface area contributed by atoms with Gasteiger partial charge < -0.3 is 9.64 Å². The molecule has 1 aromatic heterocycles. The molecular formula is C25H20F6N2O2. The van der Waals surface area contributed by atoms with Crippen molar-refractivity contribution in [1.29, 1.82) is 0 Å². The molecule has 0 saturated carbocycles. The van der Waals surface area contributed by atoms with Crippen molar-refractivity contribution in [1.82, 2.24) is 9.88 Å². The number of aromatic nitrogens is 1. The van der Waals surface area contributed by atoms with Crippen molar-refractivity contribution in [2.75, 3.05) is 6.54 Å². The number of pyridine rings is 1. The Morgan fingerprint density at radius 2 is 1.63 bits per heavy atom. The lowest BCUT2D eigenvalue weighted by Crippen LogP contribution is -2.35. The van der Waals surface area contributed by atoms with Gasteiger partial charge in [-0.15, -0.1) is 0 Å². The lowest BCUT2D eigenvalue weighted by Gasteiger charge is -2.30. The first-order valence-corrected chi connectivity index (χ1v) is 10.7. The van der Waals surface area contributed by atoms with Crippen LogP contribution in [-0.4, -0.2) is 22.3 Å². The van der Waals surface area contributed by atoms with Crippen LogP contribution in [-0.2, 0) is 18.9 Å². The number of benzene rings is 2. The van der Waals surface area contributed by atoms with Crippen molar-refractivity contribution in [3.05, 3.63) is 94.2 Å². The van der Waals surface area contributed by atoms with Crippen LogP contribution in [0.1, 0.15) is 50.7 Å². The van der Waals surface area contributed by atoms with Gasteiger partial charge in [-0.25, -0.2) is 4.98 Å².